The fraction of sp³-hybridized carbons (Fsp3) is 0.0769. The summed E-state index contributed by atoms with van der Waals surface area (Å²) in [6.07, 6.45) is 0. The van der Waals surface area contributed by atoms with Gasteiger partial charge in [0.1, 0.15) is 10.7 Å². The summed E-state index contributed by atoms with van der Waals surface area (Å²) in [6.45, 7) is 0. The number of hydrogen-bond donors (Lipinski definition) is 1. The molecule has 3 nitrogen and oxygen atoms in total. The van der Waals surface area contributed by atoms with Crippen molar-refractivity contribution in [3.63, 3.8) is 0 Å². The second-order valence-electron chi connectivity index (χ2n) is 3.77. The third-order valence-electron chi connectivity index (χ3n) is 2.63. The Morgan fingerprint density at radius 1 is 1.11 bits per heavy atom. The quantitative estimate of drug-likeness (QED) is 0.717. The van der Waals surface area contributed by atoms with Crippen LogP contribution in [-0.2, 0) is 0 Å². The topological polar surface area (TPSA) is 37.8 Å². The number of para-hydroxylation sites is 1. The Kier molecular flexibility index (Phi) is 2.89. The van der Waals surface area contributed by atoms with Crippen molar-refractivity contribution in [1.82, 2.24) is 9.97 Å². The number of nitrogens with zero attached hydrogens (tertiary/aromatic N) is 2. The van der Waals surface area contributed by atoms with E-state index in [0.29, 0.717) is 5.15 Å². The standard InChI is InChI=1S/C13H10ClN3S/c1-15-9-6-7-10(16-12(9)14)13-17-8-4-2-3-5-11(8)18-13/h2-7,15H,1H3. The zero-order valence-corrected chi connectivity index (χ0v) is 11.2. The predicted octanol–water partition coefficient (Wildman–Crippen LogP) is 4.05. The molecule has 0 saturated heterocycles. The molecule has 0 atom stereocenters. The van der Waals surface area contributed by atoms with Gasteiger partial charge in [0.2, 0.25) is 0 Å². The lowest BCUT2D eigenvalue weighted by molar-refractivity contribution is 1.29. The number of aromatic nitrogens is 2. The number of thiazole rings is 1. The molecule has 0 spiro atoms. The number of nitrogens with one attached hydrogen (secondary N) is 1. The maximum atomic E-state index is 6.08. The van der Waals surface area contributed by atoms with E-state index >= 15 is 0 Å². The summed E-state index contributed by atoms with van der Waals surface area (Å²) in [6, 6.07) is 11.9. The number of rotatable bonds is 2. The van der Waals surface area contributed by atoms with Crippen LogP contribution in [0.5, 0.6) is 0 Å². The third-order valence-corrected chi connectivity index (χ3v) is 3.98. The summed E-state index contributed by atoms with van der Waals surface area (Å²) < 4.78 is 1.16. The highest BCUT2D eigenvalue weighted by Gasteiger charge is 2.09. The molecule has 0 amide bonds. The minimum atomic E-state index is 0.467. The molecular formula is C13H10ClN3S. The summed E-state index contributed by atoms with van der Waals surface area (Å²) in [4.78, 5) is 8.92. The monoisotopic (exact) mass is 275 g/mol. The largest absolute Gasteiger partial charge is 0.386 e. The minimum absolute atomic E-state index is 0.467. The molecule has 90 valence electrons. The minimum Gasteiger partial charge on any atom is -0.386 e. The predicted molar refractivity (Wildman–Crippen MR) is 77.4 cm³/mol. The van der Waals surface area contributed by atoms with Gasteiger partial charge in [-0.2, -0.15) is 0 Å². The van der Waals surface area contributed by atoms with E-state index in [9.17, 15) is 0 Å². The molecule has 3 aromatic rings. The number of fused-ring (bicyclic) bond motifs is 1. The van der Waals surface area contributed by atoms with Crippen molar-refractivity contribution >= 4 is 38.8 Å². The van der Waals surface area contributed by atoms with Crippen molar-refractivity contribution in [3.8, 4) is 10.7 Å². The fourth-order valence-corrected chi connectivity index (χ4v) is 2.91. The molecule has 0 aliphatic heterocycles. The van der Waals surface area contributed by atoms with Gasteiger partial charge in [-0.25, -0.2) is 9.97 Å². The van der Waals surface area contributed by atoms with E-state index < -0.39 is 0 Å². The molecule has 0 bridgehead atoms. The van der Waals surface area contributed by atoms with Gasteiger partial charge in [-0.1, -0.05) is 23.7 Å². The van der Waals surface area contributed by atoms with Crippen LogP contribution >= 0.6 is 22.9 Å². The second kappa shape index (κ2) is 4.55. The van der Waals surface area contributed by atoms with Gasteiger partial charge in [-0.15, -0.1) is 11.3 Å². The molecule has 18 heavy (non-hydrogen) atoms. The molecule has 2 aromatic heterocycles. The van der Waals surface area contributed by atoms with Gasteiger partial charge in [0, 0.05) is 7.05 Å². The van der Waals surface area contributed by atoms with E-state index in [0.717, 1.165) is 26.6 Å². The van der Waals surface area contributed by atoms with Crippen molar-refractivity contribution in [1.29, 1.82) is 0 Å². The number of pyridine rings is 1. The molecule has 5 heteroatoms. The Labute approximate surface area is 113 Å². The summed E-state index contributed by atoms with van der Waals surface area (Å²) >= 11 is 7.70. The van der Waals surface area contributed by atoms with E-state index in [1.54, 1.807) is 11.3 Å². The molecule has 0 fully saturated rings. The maximum absolute atomic E-state index is 6.08. The van der Waals surface area contributed by atoms with Crippen LogP contribution in [0.25, 0.3) is 20.9 Å². The maximum Gasteiger partial charge on any atom is 0.152 e. The summed E-state index contributed by atoms with van der Waals surface area (Å²) in [5, 5.41) is 4.35. The number of halogens is 1. The van der Waals surface area contributed by atoms with Crippen LogP contribution in [0, 0.1) is 0 Å². The summed E-state index contributed by atoms with van der Waals surface area (Å²) in [5.41, 5.74) is 2.62. The first-order valence-electron chi connectivity index (χ1n) is 5.48. The molecule has 1 N–H and O–H groups in total. The van der Waals surface area contributed by atoms with Gasteiger partial charge >= 0.3 is 0 Å². The Balaban J connectivity index is 2.11. The lowest BCUT2D eigenvalue weighted by Crippen LogP contribution is -1.92. The highest BCUT2D eigenvalue weighted by molar-refractivity contribution is 7.21. The van der Waals surface area contributed by atoms with Gasteiger partial charge in [0.05, 0.1) is 15.9 Å². The van der Waals surface area contributed by atoms with Crippen LogP contribution in [0.3, 0.4) is 0 Å². The average Bonchev–Trinajstić information content (AvgIpc) is 2.82. The van der Waals surface area contributed by atoms with Crippen LogP contribution < -0.4 is 5.32 Å². The van der Waals surface area contributed by atoms with Gasteiger partial charge in [-0.05, 0) is 24.3 Å². The van der Waals surface area contributed by atoms with Gasteiger partial charge in [0.15, 0.2) is 5.15 Å². The van der Waals surface area contributed by atoms with Crippen molar-refractivity contribution in [2.45, 2.75) is 0 Å². The fourth-order valence-electron chi connectivity index (χ4n) is 1.72. The van der Waals surface area contributed by atoms with Gasteiger partial charge < -0.3 is 5.32 Å². The Morgan fingerprint density at radius 3 is 2.67 bits per heavy atom. The van der Waals surface area contributed by atoms with Crippen molar-refractivity contribution in [2.24, 2.45) is 0 Å². The van der Waals surface area contributed by atoms with Crippen molar-refractivity contribution < 1.29 is 0 Å². The molecule has 0 saturated carbocycles. The molecule has 0 radical (unpaired) electrons. The first-order valence-corrected chi connectivity index (χ1v) is 6.67. The van der Waals surface area contributed by atoms with Crippen LogP contribution in [0.4, 0.5) is 5.69 Å². The third kappa shape index (κ3) is 1.94. The number of hydrogen-bond acceptors (Lipinski definition) is 4. The van der Waals surface area contributed by atoms with E-state index in [1.165, 1.54) is 0 Å². The second-order valence-corrected chi connectivity index (χ2v) is 5.16. The molecular weight excluding hydrogens is 266 g/mol. The zero-order valence-electron chi connectivity index (χ0n) is 9.64. The normalized spacial score (nSPS) is 10.8. The van der Waals surface area contributed by atoms with Crippen molar-refractivity contribution in [2.75, 3.05) is 12.4 Å². The van der Waals surface area contributed by atoms with Crippen LogP contribution in [-0.4, -0.2) is 17.0 Å². The summed E-state index contributed by atoms with van der Waals surface area (Å²) in [7, 11) is 1.82. The van der Waals surface area contributed by atoms with E-state index in [-0.39, 0.29) is 0 Å². The molecule has 1 aromatic carbocycles. The molecule has 0 aliphatic carbocycles. The highest BCUT2D eigenvalue weighted by Crippen LogP contribution is 2.31. The number of benzene rings is 1. The Morgan fingerprint density at radius 2 is 1.94 bits per heavy atom. The first kappa shape index (κ1) is 11.4. The SMILES string of the molecule is CNc1ccc(-c2nc3ccccc3s2)nc1Cl. The number of anilines is 1. The van der Waals surface area contributed by atoms with Gasteiger partial charge in [0.25, 0.3) is 0 Å². The summed E-state index contributed by atoms with van der Waals surface area (Å²) in [5.74, 6) is 0. The molecule has 2 heterocycles. The smallest absolute Gasteiger partial charge is 0.152 e. The lowest BCUT2D eigenvalue weighted by Gasteiger charge is -2.03. The van der Waals surface area contributed by atoms with Crippen LogP contribution in [0.2, 0.25) is 5.15 Å². The van der Waals surface area contributed by atoms with Gasteiger partial charge in [-0.3, -0.25) is 0 Å². The average molecular weight is 276 g/mol. The Bertz CT molecular complexity index is 675. The molecule has 3 rings (SSSR count). The highest BCUT2D eigenvalue weighted by atomic mass is 35.5. The van der Waals surface area contributed by atoms with Crippen molar-refractivity contribution in [3.05, 3.63) is 41.6 Å². The lowest BCUT2D eigenvalue weighted by atomic mass is 10.3. The molecule has 0 aliphatic rings. The van der Waals surface area contributed by atoms with Crippen LogP contribution in [0.1, 0.15) is 0 Å². The Hall–Kier alpha value is -1.65. The molecule has 0 unspecified atom stereocenters. The van der Waals surface area contributed by atoms with E-state index in [2.05, 4.69) is 21.4 Å². The zero-order chi connectivity index (χ0) is 12.5. The van der Waals surface area contributed by atoms with E-state index in [1.807, 2.05) is 37.4 Å². The van der Waals surface area contributed by atoms with Crippen LogP contribution in [0.15, 0.2) is 36.4 Å². The first-order chi connectivity index (χ1) is 8.78. The van der Waals surface area contributed by atoms with E-state index in [4.69, 9.17) is 11.6 Å².